The van der Waals surface area contributed by atoms with Gasteiger partial charge in [-0.3, -0.25) is 9.59 Å². The summed E-state index contributed by atoms with van der Waals surface area (Å²) in [6.07, 6.45) is 9.66. The fraction of sp³-hybridized carbons (Fsp3) is 0.391. The molecular weight excluding hydrogens is 750 g/mol. The minimum Gasteiger partial charge on any atom is -0.445 e. The Kier molecular flexibility index (Phi) is 16.0. The second kappa shape index (κ2) is 22.0. The Morgan fingerprint density at radius 2 is 1.50 bits per heavy atom. The molecule has 1 aliphatic rings. The lowest BCUT2D eigenvalue weighted by atomic mass is 9.86. The van der Waals surface area contributed by atoms with Gasteiger partial charge in [0.2, 0.25) is 11.8 Å². The first kappa shape index (κ1) is 42.2. The van der Waals surface area contributed by atoms with Gasteiger partial charge in [0, 0.05) is 24.7 Å². The van der Waals surface area contributed by atoms with Crippen molar-refractivity contribution < 1.29 is 28.2 Å². The smallest absolute Gasteiger partial charge is 0.445 e. The average Bonchev–Trinajstić information content (AvgIpc) is 3.77. The first-order valence-electron chi connectivity index (χ1n) is 20.5. The zero-order valence-electron chi connectivity index (χ0n) is 33.2. The van der Waals surface area contributed by atoms with Gasteiger partial charge in [-0.2, -0.15) is 0 Å². The second-order valence-electron chi connectivity index (χ2n) is 15.3. The molecule has 304 valence electrons. The monoisotopic (exact) mass is 804 g/mol. The van der Waals surface area contributed by atoms with Crippen LogP contribution >= 0.6 is 8.03 Å². The van der Waals surface area contributed by atoms with E-state index in [0.717, 1.165) is 54.0 Å². The van der Waals surface area contributed by atoms with E-state index in [1.165, 1.54) is 18.3 Å². The molecule has 0 aliphatic heterocycles. The van der Waals surface area contributed by atoms with Crippen LogP contribution in [0.15, 0.2) is 116 Å². The zero-order chi connectivity index (χ0) is 40.5. The number of aromatic nitrogens is 2. The summed E-state index contributed by atoms with van der Waals surface area (Å²) < 4.78 is 25.1. The number of nitrogens with zero attached hydrogens (tertiary/aromatic N) is 1. The van der Waals surface area contributed by atoms with Crippen molar-refractivity contribution in [1.29, 1.82) is 0 Å². The number of alkyl carbamates (subject to hydrolysis) is 1. The number of imidazole rings is 1. The molecule has 1 aromatic heterocycles. The molecule has 5 aromatic rings. The maximum atomic E-state index is 14.3. The number of amides is 3. The van der Waals surface area contributed by atoms with Crippen LogP contribution in [0.4, 0.5) is 4.79 Å². The van der Waals surface area contributed by atoms with Gasteiger partial charge in [0.05, 0.1) is 6.33 Å². The molecule has 4 unspecified atom stereocenters. The summed E-state index contributed by atoms with van der Waals surface area (Å²) in [5.74, 6) is -0.413. The Morgan fingerprint density at radius 1 is 0.810 bits per heavy atom. The lowest BCUT2D eigenvalue weighted by Gasteiger charge is -2.27. The van der Waals surface area contributed by atoms with E-state index < -0.39 is 44.2 Å². The quantitative estimate of drug-likeness (QED) is 0.0453. The number of hydrogen-bond acceptors (Lipinski definition) is 7. The fourth-order valence-corrected chi connectivity index (χ4v) is 8.66. The van der Waals surface area contributed by atoms with Crippen molar-refractivity contribution in [2.75, 3.05) is 6.16 Å². The number of rotatable bonds is 20. The predicted molar refractivity (Wildman–Crippen MR) is 226 cm³/mol. The van der Waals surface area contributed by atoms with Gasteiger partial charge in [-0.1, -0.05) is 142 Å². The highest BCUT2D eigenvalue weighted by Crippen LogP contribution is 2.33. The lowest BCUT2D eigenvalue weighted by molar-refractivity contribution is -0.131. The summed E-state index contributed by atoms with van der Waals surface area (Å²) in [5.41, 5.74) is 3.52. The molecule has 1 fully saturated rings. The fourth-order valence-electron chi connectivity index (χ4n) is 7.69. The average molecular weight is 805 g/mol. The molecule has 12 heteroatoms. The lowest BCUT2D eigenvalue weighted by Crippen LogP contribution is -2.56. The van der Waals surface area contributed by atoms with E-state index >= 15 is 0 Å². The van der Waals surface area contributed by atoms with E-state index in [9.17, 15) is 18.9 Å². The standard InChI is InChI=1S/C46H54N5O6P/c1-33(36-20-9-4-10-21-36)15-14-26-58(55)57-43(27-34-16-5-2-6-17-34)51-45(53)42(29-39-30-47-32-48-39)49-44(52)41(50-46(54)56-31-35-18-7-3-8-19-35)28-38-24-13-23-37-22-11-12-25-40(37)38/h3-4,7-13,18-25,30,32-34,41-43H,2,5-6,14-17,26-29,31H2,1H3,(H3-,47,48,49,50,51,52,53,54)/p+1/t33?,41?,42-,43?/m0/s1. The van der Waals surface area contributed by atoms with E-state index in [1.807, 2.05) is 91.0 Å². The molecule has 4 N–H and O–H groups in total. The molecule has 11 nitrogen and oxygen atoms in total. The summed E-state index contributed by atoms with van der Waals surface area (Å²) in [7, 11) is -2.07. The van der Waals surface area contributed by atoms with Crippen LogP contribution in [0, 0.1) is 5.92 Å². The van der Waals surface area contributed by atoms with Crippen molar-refractivity contribution in [1.82, 2.24) is 25.9 Å². The van der Waals surface area contributed by atoms with Gasteiger partial charge in [0.1, 0.15) is 18.7 Å². The minimum absolute atomic E-state index is 0.0246. The number of benzene rings is 4. The van der Waals surface area contributed by atoms with Crippen molar-refractivity contribution in [3.05, 3.63) is 138 Å². The third kappa shape index (κ3) is 13.1. The van der Waals surface area contributed by atoms with E-state index in [0.29, 0.717) is 36.5 Å². The molecule has 0 bridgehead atoms. The molecular formula is C46H55N5O6P+. The Balaban J connectivity index is 1.17. The van der Waals surface area contributed by atoms with Crippen LogP contribution in [0.25, 0.3) is 10.8 Å². The molecule has 0 saturated heterocycles. The largest absolute Gasteiger partial charge is 0.510 e. The van der Waals surface area contributed by atoms with Gasteiger partial charge in [0.15, 0.2) is 12.4 Å². The summed E-state index contributed by atoms with van der Waals surface area (Å²) in [4.78, 5) is 49.0. The summed E-state index contributed by atoms with van der Waals surface area (Å²) in [6.45, 7) is 2.19. The summed E-state index contributed by atoms with van der Waals surface area (Å²) >= 11 is 0. The van der Waals surface area contributed by atoms with Crippen molar-refractivity contribution >= 4 is 36.7 Å². The third-order valence-electron chi connectivity index (χ3n) is 10.9. The molecule has 0 radical (unpaired) electrons. The Bertz CT molecular complexity index is 2050. The van der Waals surface area contributed by atoms with Crippen LogP contribution in [0.2, 0.25) is 0 Å². The molecule has 3 amide bonds. The van der Waals surface area contributed by atoms with Crippen molar-refractivity contribution in [3.63, 3.8) is 0 Å². The summed E-state index contributed by atoms with van der Waals surface area (Å²) in [6, 6.07) is 31.0. The topological polar surface area (TPSA) is 152 Å². The zero-order valence-corrected chi connectivity index (χ0v) is 34.1. The Hall–Kier alpha value is -5.38. The van der Waals surface area contributed by atoms with Gasteiger partial charge in [-0.25, -0.2) is 9.78 Å². The van der Waals surface area contributed by atoms with Crippen LogP contribution in [0.5, 0.6) is 0 Å². The van der Waals surface area contributed by atoms with Gasteiger partial charge >= 0.3 is 14.1 Å². The number of fused-ring (bicyclic) bond motifs is 1. The van der Waals surface area contributed by atoms with Crippen LogP contribution in [-0.2, 0) is 42.9 Å². The number of hydrogen-bond donors (Lipinski definition) is 4. The van der Waals surface area contributed by atoms with Gasteiger partial charge in [0.25, 0.3) is 0 Å². The third-order valence-corrected chi connectivity index (χ3v) is 12.1. The van der Waals surface area contributed by atoms with Crippen LogP contribution in [0.3, 0.4) is 0 Å². The SMILES string of the molecule is CC(CCC[P+](=O)OC(CC1CCCCC1)NC(=O)[C@H](Cc1cnc[nH]1)NC(=O)C(Cc1cccc2ccccc12)NC(=O)OCc1ccccc1)c1ccccc1. The predicted octanol–water partition coefficient (Wildman–Crippen LogP) is 8.88. The molecule has 1 heterocycles. The Labute approximate surface area is 342 Å². The maximum absolute atomic E-state index is 14.3. The maximum Gasteiger partial charge on any atom is 0.510 e. The van der Waals surface area contributed by atoms with Gasteiger partial charge in [-0.05, 0) is 63.1 Å². The molecule has 1 saturated carbocycles. The first-order chi connectivity index (χ1) is 28.3. The molecule has 6 rings (SSSR count). The van der Waals surface area contributed by atoms with Crippen molar-refractivity contribution in [2.45, 2.75) is 102 Å². The highest BCUT2D eigenvalue weighted by Gasteiger charge is 2.34. The Morgan fingerprint density at radius 3 is 2.26 bits per heavy atom. The molecule has 0 spiro atoms. The first-order valence-corrected chi connectivity index (χ1v) is 21.8. The van der Waals surface area contributed by atoms with Crippen molar-refractivity contribution in [3.8, 4) is 0 Å². The van der Waals surface area contributed by atoms with Gasteiger partial charge < -0.3 is 25.7 Å². The van der Waals surface area contributed by atoms with E-state index in [1.54, 1.807) is 6.20 Å². The number of aromatic amines is 1. The van der Waals surface area contributed by atoms with Gasteiger partial charge in [-0.15, -0.1) is 4.52 Å². The van der Waals surface area contributed by atoms with E-state index in [-0.39, 0.29) is 19.4 Å². The second-order valence-corrected chi connectivity index (χ2v) is 16.6. The number of carbonyl (C=O) groups excluding carboxylic acids is 3. The van der Waals surface area contributed by atoms with Crippen LogP contribution in [0.1, 0.15) is 86.6 Å². The summed E-state index contributed by atoms with van der Waals surface area (Å²) in [5, 5.41) is 10.7. The number of carbonyl (C=O) groups is 3. The molecule has 58 heavy (non-hydrogen) atoms. The van der Waals surface area contributed by atoms with Crippen LogP contribution < -0.4 is 16.0 Å². The number of nitrogens with one attached hydrogen (secondary N) is 4. The van der Waals surface area contributed by atoms with E-state index in [4.69, 9.17) is 9.26 Å². The number of ether oxygens (including phenoxy) is 1. The normalized spacial score (nSPS) is 15.4. The van der Waals surface area contributed by atoms with Crippen LogP contribution in [-0.4, -0.2) is 52.3 Å². The highest BCUT2D eigenvalue weighted by molar-refractivity contribution is 7.39. The molecule has 1 aliphatic carbocycles. The minimum atomic E-state index is -2.07. The molecule has 5 atom stereocenters. The number of H-pyrrole nitrogens is 1. The van der Waals surface area contributed by atoms with E-state index in [2.05, 4.69) is 45.0 Å². The molecule has 4 aromatic carbocycles. The highest BCUT2D eigenvalue weighted by atomic mass is 31.1. The van der Waals surface area contributed by atoms with Crippen molar-refractivity contribution in [2.24, 2.45) is 5.92 Å².